The summed E-state index contributed by atoms with van der Waals surface area (Å²) in [5, 5.41) is 0. The Balaban J connectivity index is 1.53. The molecule has 1 saturated heterocycles. The molecule has 6 heteroatoms. The molecule has 1 aliphatic rings. The summed E-state index contributed by atoms with van der Waals surface area (Å²) in [6, 6.07) is 13.5. The van der Waals surface area contributed by atoms with Gasteiger partial charge in [-0.1, -0.05) is 18.2 Å². The monoisotopic (exact) mass is 396 g/mol. The first-order chi connectivity index (χ1) is 14.0. The number of halogens is 1. The van der Waals surface area contributed by atoms with Gasteiger partial charge in [0.1, 0.15) is 11.6 Å². The first kappa shape index (κ1) is 20.7. The molecule has 152 valence electrons. The maximum absolute atomic E-state index is 13.8. The Hall–Kier alpha value is -2.99. The van der Waals surface area contributed by atoms with Gasteiger partial charge in [0.2, 0.25) is 5.91 Å². The zero-order valence-electron chi connectivity index (χ0n) is 16.7. The number of hydrogen-bond acceptors (Lipinski definition) is 4. The van der Waals surface area contributed by atoms with E-state index in [9.17, 15) is 14.0 Å². The Morgan fingerprint density at radius 3 is 2.31 bits per heavy atom. The second-order valence-corrected chi connectivity index (χ2v) is 7.07. The molecule has 2 aromatic rings. The summed E-state index contributed by atoms with van der Waals surface area (Å²) in [5.74, 6) is 0.312. The van der Waals surface area contributed by atoms with Crippen LogP contribution in [0, 0.1) is 5.82 Å². The molecular formula is C23H25FN2O3. The highest BCUT2D eigenvalue weighted by molar-refractivity contribution is 5.98. The van der Waals surface area contributed by atoms with Gasteiger partial charge >= 0.3 is 0 Å². The zero-order valence-corrected chi connectivity index (χ0v) is 16.7. The lowest BCUT2D eigenvalue weighted by molar-refractivity contribution is -0.128. The molecule has 1 amide bonds. The van der Waals surface area contributed by atoms with Crippen LogP contribution in [-0.4, -0.2) is 61.3 Å². The Morgan fingerprint density at radius 1 is 1.03 bits per heavy atom. The van der Waals surface area contributed by atoms with E-state index in [0.717, 1.165) is 0 Å². The molecule has 3 rings (SSSR count). The largest absolute Gasteiger partial charge is 0.497 e. The van der Waals surface area contributed by atoms with Crippen molar-refractivity contribution in [3.63, 3.8) is 0 Å². The minimum absolute atomic E-state index is 0.0445. The van der Waals surface area contributed by atoms with Crippen molar-refractivity contribution in [1.29, 1.82) is 0 Å². The summed E-state index contributed by atoms with van der Waals surface area (Å²) in [7, 11) is 1.59. The number of piperazine rings is 1. The summed E-state index contributed by atoms with van der Waals surface area (Å²) in [5.41, 5.74) is 1.55. The summed E-state index contributed by atoms with van der Waals surface area (Å²) in [6.07, 6.45) is 1.58. The molecule has 1 aliphatic heterocycles. The molecule has 5 nitrogen and oxygen atoms in total. The molecule has 0 saturated carbocycles. The van der Waals surface area contributed by atoms with Crippen LogP contribution >= 0.6 is 0 Å². The van der Waals surface area contributed by atoms with E-state index in [1.54, 1.807) is 67.5 Å². The van der Waals surface area contributed by atoms with Gasteiger partial charge in [-0.15, -0.1) is 0 Å². The zero-order chi connectivity index (χ0) is 20.8. The summed E-state index contributed by atoms with van der Waals surface area (Å²) >= 11 is 0. The molecule has 1 heterocycles. The normalized spacial score (nSPS) is 15.3. The molecule has 0 spiro atoms. The first-order valence-corrected chi connectivity index (χ1v) is 9.59. The van der Waals surface area contributed by atoms with E-state index in [1.807, 2.05) is 4.90 Å². The average molecular weight is 396 g/mol. The quantitative estimate of drug-likeness (QED) is 0.556. The van der Waals surface area contributed by atoms with Gasteiger partial charge in [-0.2, -0.15) is 0 Å². The molecule has 0 N–H and O–H groups in total. The number of ketones is 1. The van der Waals surface area contributed by atoms with E-state index < -0.39 is 0 Å². The molecule has 0 bridgehead atoms. The van der Waals surface area contributed by atoms with E-state index in [1.165, 1.54) is 6.07 Å². The number of rotatable bonds is 6. The third-order valence-electron chi connectivity index (χ3n) is 5.05. The van der Waals surface area contributed by atoms with Crippen molar-refractivity contribution >= 4 is 17.8 Å². The van der Waals surface area contributed by atoms with Crippen molar-refractivity contribution in [2.24, 2.45) is 0 Å². The van der Waals surface area contributed by atoms with E-state index in [4.69, 9.17) is 4.74 Å². The molecule has 0 radical (unpaired) electrons. The minimum Gasteiger partial charge on any atom is -0.497 e. The summed E-state index contributed by atoms with van der Waals surface area (Å²) in [4.78, 5) is 28.9. The number of nitrogens with zero attached hydrogens (tertiary/aromatic N) is 2. The van der Waals surface area contributed by atoms with Gasteiger partial charge in [0.15, 0.2) is 5.78 Å². The second-order valence-electron chi connectivity index (χ2n) is 7.07. The predicted molar refractivity (Wildman–Crippen MR) is 110 cm³/mol. The first-order valence-electron chi connectivity index (χ1n) is 9.59. The van der Waals surface area contributed by atoms with Crippen LogP contribution in [0.3, 0.4) is 0 Å². The van der Waals surface area contributed by atoms with Gasteiger partial charge in [-0.3, -0.25) is 14.5 Å². The number of hydrogen-bond donors (Lipinski definition) is 0. The van der Waals surface area contributed by atoms with Crippen molar-refractivity contribution < 1.29 is 18.7 Å². The lowest BCUT2D eigenvalue weighted by Crippen LogP contribution is -2.50. The Labute approximate surface area is 170 Å². The third kappa shape index (κ3) is 5.29. The molecule has 2 aromatic carbocycles. The van der Waals surface area contributed by atoms with Gasteiger partial charge in [-0.25, -0.2) is 4.39 Å². The second kappa shape index (κ2) is 9.47. The van der Waals surface area contributed by atoms with Crippen molar-refractivity contribution in [3.05, 3.63) is 71.0 Å². The molecule has 1 fully saturated rings. The number of benzene rings is 2. The molecular weight excluding hydrogens is 371 g/mol. The van der Waals surface area contributed by atoms with Crippen LogP contribution in [0.4, 0.5) is 4.39 Å². The fraction of sp³-hybridized carbons (Fsp3) is 0.304. The van der Waals surface area contributed by atoms with Crippen LogP contribution < -0.4 is 4.74 Å². The van der Waals surface area contributed by atoms with E-state index in [2.05, 4.69) is 0 Å². The van der Waals surface area contributed by atoms with Crippen LogP contribution in [0.2, 0.25) is 0 Å². The minimum atomic E-state index is -0.346. The van der Waals surface area contributed by atoms with E-state index in [-0.39, 0.29) is 17.5 Å². The van der Waals surface area contributed by atoms with Gasteiger partial charge < -0.3 is 9.64 Å². The predicted octanol–water partition coefficient (Wildman–Crippen LogP) is 3.26. The van der Waals surface area contributed by atoms with Crippen molar-refractivity contribution in [2.75, 3.05) is 39.8 Å². The van der Waals surface area contributed by atoms with Gasteiger partial charge in [0.25, 0.3) is 0 Å². The van der Waals surface area contributed by atoms with Crippen LogP contribution in [0.5, 0.6) is 5.75 Å². The fourth-order valence-corrected chi connectivity index (χ4v) is 3.32. The third-order valence-corrected chi connectivity index (χ3v) is 5.05. The van der Waals surface area contributed by atoms with Gasteiger partial charge in [0, 0.05) is 42.9 Å². The lowest BCUT2D eigenvalue weighted by Gasteiger charge is -2.34. The number of carbonyl (C=O) groups is 2. The molecule has 0 aliphatic carbocycles. The fourth-order valence-electron chi connectivity index (χ4n) is 3.32. The Morgan fingerprint density at radius 2 is 1.69 bits per heavy atom. The van der Waals surface area contributed by atoms with Crippen LogP contribution in [0.15, 0.2) is 54.1 Å². The highest BCUT2D eigenvalue weighted by Gasteiger charge is 2.23. The number of carbonyl (C=O) groups excluding carboxylic acids is 2. The van der Waals surface area contributed by atoms with E-state index >= 15 is 0 Å². The maximum atomic E-state index is 13.8. The number of methoxy groups -OCH3 is 1. The maximum Gasteiger partial charge on any atom is 0.249 e. The van der Waals surface area contributed by atoms with Crippen LogP contribution in [0.25, 0.3) is 6.08 Å². The Kier molecular flexibility index (Phi) is 6.77. The van der Waals surface area contributed by atoms with Gasteiger partial charge in [-0.05, 0) is 43.3 Å². The topological polar surface area (TPSA) is 49.9 Å². The van der Waals surface area contributed by atoms with Crippen molar-refractivity contribution in [2.45, 2.75) is 6.92 Å². The number of amides is 1. The lowest BCUT2D eigenvalue weighted by atomic mass is 10.1. The summed E-state index contributed by atoms with van der Waals surface area (Å²) in [6.45, 7) is 4.35. The number of Topliss-reactive ketones (excluding diaryl/α,β-unsaturated/α-hetero) is 1. The molecule has 0 unspecified atom stereocenters. The molecule has 0 atom stereocenters. The smallest absolute Gasteiger partial charge is 0.249 e. The summed E-state index contributed by atoms with van der Waals surface area (Å²) < 4.78 is 18.9. The van der Waals surface area contributed by atoms with Crippen molar-refractivity contribution in [1.82, 2.24) is 9.80 Å². The molecule has 0 aromatic heterocycles. The van der Waals surface area contributed by atoms with Gasteiger partial charge in [0.05, 0.1) is 13.7 Å². The van der Waals surface area contributed by atoms with Crippen molar-refractivity contribution in [3.8, 4) is 5.75 Å². The highest BCUT2D eigenvalue weighted by atomic mass is 19.1. The number of ether oxygens (including phenoxy) is 1. The SMILES string of the molecule is COc1ccc(C(=O)CN2CCN(C(=O)/C(C)=C/c3ccccc3F)CC2)cc1. The molecule has 29 heavy (non-hydrogen) atoms. The van der Waals surface area contributed by atoms with E-state index in [0.29, 0.717) is 55.2 Å². The van der Waals surface area contributed by atoms with Crippen LogP contribution in [0.1, 0.15) is 22.8 Å². The average Bonchev–Trinajstić information content (AvgIpc) is 2.75. The standard InChI is InChI=1S/C23H25FN2O3/c1-17(15-19-5-3-4-6-21(19)24)23(28)26-13-11-25(12-14-26)16-22(27)18-7-9-20(29-2)10-8-18/h3-10,15H,11-14,16H2,1-2H3/b17-15+. The Bertz CT molecular complexity index is 901. The van der Waals surface area contributed by atoms with Crippen LogP contribution in [-0.2, 0) is 4.79 Å². The highest BCUT2D eigenvalue weighted by Crippen LogP contribution is 2.15.